The average Bonchev–Trinajstić information content (AvgIpc) is 3.59. The minimum Gasteiger partial charge on any atom is -0.329 e. The number of quaternary nitrogens is 2. The molecule has 0 fully saturated rings. The minimum absolute atomic E-state index is 0.715. The number of unbranched alkanes of at least 4 members (excludes halogenated alkanes) is 11. The molecular formula is C34H72N8+2. The maximum absolute atomic E-state index is 5.75. The van der Waals surface area contributed by atoms with Crippen molar-refractivity contribution in [3.63, 3.8) is 0 Å². The van der Waals surface area contributed by atoms with Crippen molar-refractivity contribution in [2.45, 2.75) is 117 Å². The Bertz CT molecular complexity index is 666. The molecule has 2 aliphatic heterocycles. The van der Waals surface area contributed by atoms with Crippen molar-refractivity contribution in [1.29, 1.82) is 0 Å². The van der Waals surface area contributed by atoms with Gasteiger partial charge in [-0.25, -0.2) is 9.98 Å². The largest absolute Gasteiger partial charge is 0.329 e. The van der Waals surface area contributed by atoms with E-state index in [9.17, 15) is 0 Å². The van der Waals surface area contributed by atoms with E-state index < -0.39 is 0 Å². The van der Waals surface area contributed by atoms with Crippen molar-refractivity contribution >= 4 is 11.7 Å². The third-order valence-corrected chi connectivity index (χ3v) is 9.75. The lowest BCUT2D eigenvalue weighted by Crippen LogP contribution is -2.55. The highest BCUT2D eigenvalue weighted by Crippen LogP contribution is 2.24. The average molecular weight is 593 g/mol. The molecule has 0 aromatic carbocycles. The smallest absolute Gasteiger partial charge is 0.198 e. The Hall–Kier alpha value is -0.900. The number of hydrogen-bond donors (Lipinski definition) is 4. The molecular weight excluding hydrogens is 520 g/mol. The van der Waals surface area contributed by atoms with Crippen LogP contribution in [0.25, 0.3) is 0 Å². The quantitative estimate of drug-likeness (QED) is 0.0739. The molecule has 2 unspecified atom stereocenters. The van der Waals surface area contributed by atoms with Gasteiger partial charge in [-0.1, -0.05) is 65.2 Å². The molecule has 0 aromatic heterocycles. The van der Waals surface area contributed by atoms with Gasteiger partial charge in [0.05, 0.1) is 39.3 Å². The van der Waals surface area contributed by atoms with Crippen LogP contribution in [-0.4, -0.2) is 112 Å². The third-order valence-electron chi connectivity index (χ3n) is 9.75. The normalized spacial score (nSPS) is 22.2. The van der Waals surface area contributed by atoms with E-state index in [0.29, 0.717) is 13.1 Å². The summed E-state index contributed by atoms with van der Waals surface area (Å²) < 4.78 is 2.26. The zero-order valence-corrected chi connectivity index (χ0v) is 28.2. The summed E-state index contributed by atoms with van der Waals surface area (Å²) in [4.78, 5) is 10.2. The van der Waals surface area contributed by atoms with Crippen molar-refractivity contribution in [2.24, 2.45) is 21.5 Å². The first-order valence-corrected chi connectivity index (χ1v) is 18.3. The van der Waals surface area contributed by atoms with Crippen LogP contribution in [0.4, 0.5) is 0 Å². The summed E-state index contributed by atoms with van der Waals surface area (Å²) >= 11 is 0. The standard InChI is InChI=1S/C34H72N8/c1-3-5-7-9-13-17-33-39-25-31-41(33,29-23-37-21-19-35)27-15-11-12-16-28-42(30-24-38-22-20-36)32-26-40-34(42)18-14-10-8-6-4-2/h37-38H,3-32,35-36H2,1-2H3/q+2. The molecule has 2 rings (SSSR count). The van der Waals surface area contributed by atoms with Gasteiger partial charge in [-0.2, -0.15) is 0 Å². The zero-order chi connectivity index (χ0) is 30.2. The molecule has 0 saturated heterocycles. The molecule has 0 radical (unpaired) electrons. The fraction of sp³-hybridized carbons (Fsp3) is 0.941. The predicted octanol–water partition coefficient (Wildman–Crippen LogP) is 4.82. The van der Waals surface area contributed by atoms with Crippen LogP contribution in [0.1, 0.15) is 117 Å². The maximum Gasteiger partial charge on any atom is 0.198 e. The molecule has 8 nitrogen and oxygen atoms in total. The summed E-state index contributed by atoms with van der Waals surface area (Å²) in [5.41, 5.74) is 11.5. The number of nitrogens with two attached hydrogens (primary N) is 2. The highest BCUT2D eigenvalue weighted by atomic mass is 15.4. The third kappa shape index (κ3) is 13.8. The molecule has 2 aliphatic rings. The van der Waals surface area contributed by atoms with Crippen LogP contribution in [0.3, 0.4) is 0 Å². The molecule has 0 aromatic rings. The summed E-state index contributed by atoms with van der Waals surface area (Å²) in [6, 6.07) is 0. The van der Waals surface area contributed by atoms with E-state index in [1.54, 1.807) is 0 Å². The van der Waals surface area contributed by atoms with Crippen LogP contribution in [0.2, 0.25) is 0 Å². The van der Waals surface area contributed by atoms with Gasteiger partial charge in [-0.3, -0.25) is 8.97 Å². The lowest BCUT2D eigenvalue weighted by atomic mass is 10.1. The van der Waals surface area contributed by atoms with E-state index in [4.69, 9.17) is 21.5 Å². The Morgan fingerprint density at radius 2 is 0.929 bits per heavy atom. The van der Waals surface area contributed by atoms with Gasteiger partial charge >= 0.3 is 0 Å². The number of rotatable bonds is 29. The highest BCUT2D eigenvalue weighted by Gasteiger charge is 2.38. The van der Waals surface area contributed by atoms with Crippen LogP contribution in [0.15, 0.2) is 9.98 Å². The van der Waals surface area contributed by atoms with Crippen molar-refractivity contribution in [3.8, 4) is 0 Å². The Morgan fingerprint density at radius 1 is 0.524 bits per heavy atom. The van der Waals surface area contributed by atoms with Gasteiger partial charge in [-0.05, 0) is 38.5 Å². The van der Waals surface area contributed by atoms with Crippen LogP contribution in [-0.2, 0) is 0 Å². The second kappa shape index (κ2) is 23.5. The summed E-state index contributed by atoms with van der Waals surface area (Å²) in [5, 5.41) is 7.14. The number of hydrogen-bond acceptors (Lipinski definition) is 6. The number of nitrogens with zero attached hydrogens (tertiary/aromatic N) is 4. The SMILES string of the molecule is CCCCCCCC1=NCC[N+]1(CCCCCC[N+]1(CCNCCN)CCN=C1CCCCCCC)CCNCCN. The van der Waals surface area contributed by atoms with Gasteiger partial charge in [0.15, 0.2) is 11.7 Å². The summed E-state index contributed by atoms with van der Waals surface area (Å²) in [7, 11) is 0. The molecule has 0 saturated carbocycles. The second-order valence-electron chi connectivity index (χ2n) is 13.0. The second-order valence-corrected chi connectivity index (χ2v) is 13.0. The van der Waals surface area contributed by atoms with Gasteiger partial charge < -0.3 is 22.1 Å². The van der Waals surface area contributed by atoms with Crippen molar-refractivity contribution < 1.29 is 8.97 Å². The fourth-order valence-electron chi connectivity index (χ4n) is 7.11. The van der Waals surface area contributed by atoms with E-state index in [-0.39, 0.29) is 0 Å². The zero-order valence-electron chi connectivity index (χ0n) is 28.2. The van der Waals surface area contributed by atoms with E-state index in [1.165, 1.54) is 154 Å². The molecule has 0 bridgehead atoms. The van der Waals surface area contributed by atoms with Crippen molar-refractivity contribution in [2.75, 3.05) is 91.6 Å². The Balaban J connectivity index is 1.85. The van der Waals surface area contributed by atoms with Gasteiger partial charge in [0.2, 0.25) is 0 Å². The predicted molar refractivity (Wildman–Crippen MR) is 183 cm³/mol. The Morgan fingerprint density at radius 3 is 1.33 bits per heavy atom. The molecule has 8 heteroatoms. The van der Waals surface area contributed by atoms with Gasteiger partial charge in [-0.15, -0.1) is 0 Å². The van der Waals surface area contributed by atoms with Crippen molar-refractivity contribution in [3.05, 3.63) is 0 Å². The van der Waals surface area contributed by atoms with Crippen molar-refractivity contribution in [1.82, 2.24) is 10.6 Å². The summed E-state index contributed by atoms with van der Waals surface area (Å²) in [6.07, 6.45) is 21.1. The summed E-state index contributed by atoms with van der Waals surface area (Å²) in [6.45, 7) is 19.2. The van der Waals surface area contributed by atoms with Crippen LogP contribution in [0.5, 0.6) is 0 Å². The first kappa shape index (κ1) is 37.3. The van der Waals surface area contributed by atoms with Gasteiger partial charge in [0.25, 0.3) is 0 Å². The molecule has 42 heavy (non-hydrogen) atoms. The molecule has 2 atom stereocenters. The molecule has 2 heterocycles. The topological polar surface area (TPSA) is 101 Å². The lowest BCUT2D eigenvalue weighted by Gasteiger charge is -2.36. The molecule has 246 valence electrons. The molecule has 6 N–H and O–H groups in total. The van der Waals surface area contributed by atoms with E-state index >= 15 is 0 Å². The minimum atomic E-state index is 0.715. The van der Waals surface area contributed by atoms with Crippen LogP contribution >= 0.6 is 0 Å². The highest BCUT2D eigenvalue weighted by molar-refractivity contribution is 5.77. The van der Waals surface area contributed by atoms with Gasteiger partial charge in [0.1, 0.15) is 13.1 Å². The Labute approximate surface area is 260 Å². The first-order valence-electron chi connectivity index (χ1n) is 18.3. The fourth-order valence-corrected chi connectivity index (χ4v) is 7.11. The van der Waals surface area contributed by atoms with Crippen LogP contribution in [0, 0.1) is 0 Å². The summed E-state index contributed by atoms with van der Waals surface area (Å²) in [5.74, 6) is 2.99. The lowest BCUT2D eigenvalue weighted by molar-refractivity contribution is -0.836. The monoisotopic (exact) mass is 593 g/mol. The first-order chi connectivity index (χ1) is 20.7. The van der Waals surface area contributed by atoms with E-state index in [2.05, 4.69) is 24.5 Å². The number of aliphatic imine (C=N–C) groups is 2. The van der Waals surface area contributed by atoms with E-state index in [0.717, 1.165) is 48.2 Å². The molecule has 0 spiro atoms. The maximum atomic E-state index is 5.75. The van der Waals surface area contributed by atoms with Gasteiger partial charge in [0, 0.05) is 52.1 Å². The molecule has 0 aliphatic carbocycles. The number of nitrogens with one attached hydrogen (secondary N) is 2. The number of amidine groups is 2. The Kier molecular flexibility index (Phi) is 20.8. The van der Waals surface area contributed by atoms with Crippen LogP contribution < -0.4 is 22.1 Å². The van der Waals surface area contributed by atoms with E-state index in [1.807, 2.05) is 0 Å². The molecule has 0 amide bonds.